The van der Waals surface area contributed by atoms with Crippen molar-refractivity contribution in [2.75, 3.05) is 0 Å². The zero-order valence-electron chi connectivity index (χ0n) is 12.9. The maximum Gasteiger partial charge on any atom is 0.137 e. The molecule has 0 aromatic heterocycles. The number of hydrogen-bond donors (Lipinski definition) is 0. The Hall–Kier alpha value is -2.76. The molecule has 5 aromatic carbocycles. The van der Waals surface area contributed by atoms with Gasteiger partial charge in [-0.15, -0.1) is 0 Å². The van der Waals surface area contributed by atoms with Crippen LogP contribution in [-0.4, -0.2) is 0 Å². The van der Waals surface area contributed by atoms with Crippen LogP contribution in [0, 0.1) is 0 Å². The number of benzene rings is 5. The van der Waals surface area contributed by atoms with Gasteiger partial charge < -0.3 is 0 Å². The van der Waals surface area contributed by atoms with E-state index in [4.69, 9.17) is 0 Å². The molecule has 0 N–H and O–H groups in total. The Morgan fingerprint density at radius 1 is 0.542 bits per heavy atom. The van der Waals surface area contributed by atoms with E-state index in [9.17, 15) is 4.57 Å². The first kappa shape index (κ1) is 13.7. The second-order valence-corrected chi connectivity index (χ2v) is 7.66. The summed E-state index contributed by atoms with van der Waals surface area (Å²) in [7, 11) is -1.60. The molecule has 1 radical (unpaired) electrons. The highest BCUT2D eigenvalue weighted by molar-refractivity contribution is 7.62. The van der Waals surface area contributed by atoms with Crippen LogP contribution in [0.15, 0.2) is 84.9 Å². The molecule has 0 saturated heterocycles. The Kier molecular flexibility index (Phi) is 2.92. The van der Waals surface area contributed by atoms with E-state index in [1.165, 1.54) is 26.9 Å². The predicted molar refractivity (Wildman–Crippen MR) is 103 cm³/mol. The quantitative estimate of drug-likeness (QED) is 0.315. The third kappa shape index (κ3) is 1.89. The molecule has 0 saturated carbocycles. The summed E-state index contributed by atoms with van der Waals surface area (Å²) in [5.74, 6) is 0. The largest absolute Gasteiger partial charge is 0.277 e. The van der Waals surface area contributed by atoms with Gasteiger partial charge in [0.2, 0.25) is 0 Å². The molecule has 1 nitrogen and oxygen atoms in total. The molecule has 0 amide bonds. The van der Waals surface area contributed by atoms with E-state index in [-0.39, 0.29) is 0 Å². The highest BCUT2D eigenvalue weighted by atomic mass is 31.1. The van der Waals surface area contributed by atoms with E-state index < -0.39 is 7.80 Å². The van der Waals surface area contributed by atoms with Gasteiger partial charge in [0, 0.05) is 10.6 Å². The van der Waals surface area contributed by atoms with E-state index in [1.54, 1.807) is 0 Å². The van der Waals surface area contributed by atoms with E-state index >= 15 is 0 Å². The summed E-state index contributed by atoms with van der Waals surface area (Å²) in [6, 6.07) is 28.8. The van der Waals surface area contributed by atoms with Crippen LogP contribution in [0.2, 0.25) is 0 Å². The minimum absolute atomic E-state index is 0.877. The van der Waals surface area contributed by atoms with Crippen molar-refractivity contribution in [3.63, 3.8) is 0 Å². The van der Waals surface area contributed by atoms with E-state index in [1.807, 2.05) is 36.4 Å². The van der Waals surface area contributed by atoms with Crippen LogP contribution >= 0.6 is 7.80 Å². The van der Waals surface area contributed by atoms with Crippen LogP contribution < -0.4 is 10.6 Å². The average molecular weight is 325 g/mol. The van der Waals surface area contributed by atoms with Crippen LogP contribution in [-0.2, 0) is 4.57 Å². The van der Waals surface area contributed by atoms with Crippen LogP contribution in [0.3, 0.4) is 0 Å². The first-order valence-electron chi connectivity index (χ1n) is 8.02. The fraction of sp³-hybridized carbons (Fsp3) is 0. The standard InChI is InChI=1S/C22H14OP/c23-24(18-7-2-1-3-8-18)20-14-12-17-10-9-15-5-4-6-16-11-13-19(20)22(17)21(15)16/h1-14H. The van der Waals surface area contributed by atoms with Gasteiger partial charge >= 0.3 is 0 Å². The summed E-state index contributed by atoms with van der Waals surface area (Å²) in [5.41, 5.74) is 0. The first-order chi connectivity index (χ1) is 11.8. The molecular formula is C22H14OP. The van der Waals surface area contributed by atoms with Gasteiger partial charge in [-0.2, -0.15) is 0 Å². The highest BCUT2D eigenvalue weighted by Gasteiger charge is 2.15. The molecule has 1 atom stereocenters. The van der Waals surface area contributed by atoms with E-state index in [2.05, 4.69) is 48.5 Å². The molecular weight excluding hydrogens is 311 g/mol. The summed E-state index contributed by atoms with van der Waals surface area (Å²) in [6.07, 6.45) is 0. The monoisotopic (exact) mass is 325 g/mol. The van der Waals surface area contributed by atoms with Gasteiger partial charge in [0.25, 0.3) is 0 Å². The van der Waals surface area contributed by atoms with Crippen LogP contribution in [0.4, 0.5) is 0 Å². The van der Waals surface area contributed by atoms with Crippen LogP contribution in [0.5, 0.6) is 0 Å². The van der Waals surface area contributed by atoms with Crippen molar-refractivity contribution in [2.45, 2.75) is 0 Å². The van der Waals surface area contributed by atoms with Gasteiger partial charge in [0.1, 0.15) is 7.80 Å². The Balaban J connectivity index is 1.89. The lowest BCUT2D eigenvalue weighted by Crippen LogP contribution is -2.07. The lowest BCUT2D eigenvalue weighted by Gasteiger charge is -2.13. The molecule has 0 spiro atoms. The Labute approximate surface area is 140 Å². The third-order valence-corrected chi connectivity index (χ3v) is 6.31. The van der Waals surface area contributed by atoms with Crippen molar-refractivity contribution >= 4 is 50.7 Å². The molecule has 5 rings (SSSR count). The Bertz CT molecular complexity index is 1190. The molecule has 24 heavy (non-hydrogen) atoms. The number of rotatable bonds is 2. The van der Waals surface area contributed by atoms with Crippen molar-refractivity contribution in [3.05, 3.63) is 84.9 Å². The molecule has 5 aromatic rings. The van der Waals surface area contributed by atoms with Crippen LogP contribution in [0.25, 0.3) is 32.3 Å². The average Bonchev–Trinajstić information content (AvgIpc) is 2.66. The van der Waals surface area contributed by atoms with Gasteiger partial charge in [-0.3, -0.25) is 4.57 Å². The number of hydrogen-bond acceptors (Lipinski definition) is 1. The molecule has 0 aliphatic rings. The molecule has 0 aliphatic carbocycles. The van der Waals surface area contributed by atoms with Gasteiger partial charge in [-0.1, -0.05) is 66.7 Å². The summed E-state index contributed by atoms with van der Waals surface area (Å²) >= 11 is 0. The topological polar surface area (TPSA) is 17.1 Å². The minimum Gasteiger partial charge on any atom is -0.277 e. The minimum atomic E-state index is -1.60. The van der Waals surface area contributed by atoms with Crippen molar-refractivity contribution < 1.29 is 4.57 Å². The third-order valence-electron chi connectivity index (χ3n) is 4.72. The molecule has 0 bridgehead atoms. The van der Waals surface area contributed by atoms with E-state index in [0.717, 1.165) is 16.0 Å². The summed E-state index contributed by atoms with van der Waals surface area (Å²) in [5, 5.41) is 9.06. The zero-order chi connectivity index (χ0) is 16.1. The fourth-order valence-electron chi connectivity index (χ4n) is 3.60. The van der Waals surface area contributed by atoms with Gasteiger partial charge in [-0.05, 0) is 50.5 Å². The SMILES string of the molecule is O=[P](c1ccccc1)c1ccc2ccc3cccc4ccc1c2c34. The maximum absolute atomic E-state index is 13.1. The summed E-state index contributed by atoms with van der Waals surface area (Å²) in [4.78, 5) is 0. The first-order valence-corrected chi connectivity index (χ1v) is 9.28. The molecule has 1 unspecified atom stereocenters. The van der Waals surface area contributed by atoms with Gasteiger partial charge in [-0.25, -0.2) is 0 Å². The van der Waals surface area contributed by atoms with Gasteiger partial charge in [0.05, 0.1) is 0 Å². The molecule has 2 heteroatoms. The second-order valence-electron chi connectivity index (χ2n) is 6.07. The lowest BCUT2D eigenvalue weighted by atomic mass is 9.94. The van der Waals surface area contributed by atoms with Crippen molar-refractivity contribution in [1.82, 2.24) is 0 Å². The fourth-order valence-corrected chi connectivity index (χ4v) is 4.94. The molecule has 113 valence electrons. The van der Waals surface area contributed by atoms with E-state index in [0.29, 0.717) is 0 Å². The Morgan fingerprint density at radius 3 is 1.92 bits per heavy atom. The maximum atomic E-state index is 13.1. The smallest absolute Gasteiger partial charge is 0.137 e. The Morgan fingerprint density at radius 2 is 1.17 bits per heavy atom. The van der Waals surface area contributed by atoms with Crippen molar-refractivity contribution in [1.29, 1.82) is 0 Å². The van der Waals surface area contributed by atoms with Crippen molar-refractivity contribution in [2.24, 2.45) is 0 Å². The second kappa shape index (κ2) is 5.12. The van der Waals surface area contributed by atoms with Crippen LogP contribution in [0.1, 0.15) is 0 Å². The molecule has 0 fully saturated rings. The summed E-state index contributed by atoms with van der Waals surface area (Å²) in [6.45, 7) is 0. The van der Waals surface area contributed by atoms with Gasteiger partial charge in [0.15, 0.2) is 0 Å². The van der Waals surface area contributed by atoms with Crippen molar-refractivity contribution in [3.8, 4) is 0 Å². The summed E-state index contributed by atoms with van der Waals surface area (Å²) < 4.78 is 13.1. The zero-order valence-corrected chi connectivity index (χ0v) is 13.8. The molecule has 0 heterocycles. The highest BCUT2D eigenvalue weighted by Crippen LogP contribution is 2.36. The normalized spacial score (nSPS) is 12.2. The lowest BCUT2D eigenvalue weighted by molar-refractivity contribution is 0.598. The predicted octanol–water partition coefficient (Wildman–Crippen LogP) is 5.36. The molecule has 0 aliphatic heterocycles.